The number of quaternary nitrogens is 1. The van der Waals surface area contributed by atoms with Gasteiger partial charge in [-0.2, -0.15) is 9.36 Å². The second kappa shape index (κ2) is 7.81. The van der Waals surface area contributed by atoms with Crippen molar-refractivity contribution in [2.75, 3.05) is 31.1 Å². The van der Waals surface area contributed by atoms with Crippen molar-refractivity contribution in [2.24, 2.45) is 0 Å². The van der Waals surface area contributed by atoms with Gasteiger partial charge in [-0.1, -0.05) is 12.1 Å². The maximum atomic E-state index is 13.1. The molecule has 28 heavy (non-hydrogen) atoms. The third-order valence-electron chi connectivity index (χ3n) is 5.27. The van der Waals surface area contributed by atoms with Crippen LogP contribution in [0.5, 0.6) is 0 Å². The van der Waals surface area contributed by atoms with Gasteiger partial charge in [-0.3, -0.25) is 0 Å². The summed E-state index contributed by atoms with van der Waals surface area (Å²) < 4.78 is 17.3. The van der Waals surface area contributed by atoms with Crippen LogP contribution in [0.4, 0.5) is 10.1 Å². The van der Waals surface area contributed by atoms with Crippen molar-refractivity contribution < 1.29 is 9.29 Å². The van der Waals surface area contributed by atoms with Gasteiger partial charge >= 0.3 is 0 Å². The lowest BCUT2D eigenvalue weighted by Gasteiger charge is -2.33. The molecule has 0 spiro atoms. The first-order chi connectivity index (χ1) is 13.5. The van der Waals surface area contributed by atoms with Crippen LogP contribution in [0.25, 0.3) is 5.69 Å². The highest BCUT2D eigenvalue weighted by Crippen LogP contribution is 2.16. The van der Waals surface area contributed by atoms with E-state index in [2.05, 4.69) is 47.4 Å². The number of benzene rings is 2. The third kappa shape index (κ3) is 3.83. The van der Waals surface area contributed by atoms with Gasteiger partial charge in [-0.15, -0.1) is 0 Å². The summed E-state index contributed by atoms with van der Waals surface area (Å²) in [4.78, 5) is 3.69. The van der Waals surface area contributed by atoms with Crippen LogP contribution in [0.15, 0.2) is 42.5 Å². The third-order valence-corrected chi connectivity index (χ3v) is 5.65. The first-order valence-electron chi connectivity index (χ1n) is 9.46. The Bertz CT molecular complexity index is 1020. The molecule has 2 aromatic carbocycles. The second-order valence-corrected chi connectivity index (χ2v) is 7.70. The Hall–Kier alpha value is -2.58. The summed E-state index contributed by atoms with van der Waals surface area (Å²) in [5.41, 5.74) is 4.33. The molecule has 0 atom stereocenters. The molecule has 1 aromatic heterocycles. The molecule has 146 valence electrons. The number of hydrogen-bond acceptors (Lipinski definition) is 4. The number of rotatable bonds is 4. The molecule has 1 saturated heterocycles. The number of halogens is 1. The van der Waals surface area contributed by atoms with Crippen LogP contribution in [-0.2, 0) is 6.67 Å². The zero-order valence-electron chi connectivity index (χ0n) is 16.1. The highest BCUT2D eigenvalue weighted by atomic mass is 32.1. The van der Waals surface area contributed by atoms with Crippen LogP contribution in [0, 0.1) is 24.4 Å². The van der Waals surface area contributed by atoms with Crippen LogP contribution < -0.4 is 9.80 Å². The van der Waals surface area contributed by atoms with Crippen LogP contribution in [0.1, 0.15) is 11.1 Å². The van der Waals surface area contributed by atoms with Crippen molar-refractivity contribution >= 4 is 17.9 Å². The number of hydrogen-bond donors (Lipinski definition) is 1. The summed E-state index contributed by atoms with van der Waals surface area (Å²) in [6.45, 7) is 8.57. The number of anilines is 1. The number of nitrogens with zero attached hydrogens (tertiary/aromatic N) is 5. The Balaban J connectivity index is 1.43. The first kappa shape index (κ1) is 18.8. The highest BCUT2D eigenvalue weighted by Gasteiger charge is 2.21. The van der Waals surface area contributed by atoms with Crippen molar-refractivity contribution in [3.05, 3.63) is 64.2 Å². The van der Waals surface area contributed by atoms with Gasteiger partial charge in [0.05, 0.1) is 31.9 Å². The maximum absolute atomic E-state index is 13.1. The standard InChI is InChI=1S/C20H23FN6S/c1-15-3-4-16(2)19(13-15)27-20(28)26(22-23-27)14-24-9-11-25(12-10-24)18-7-5-17(21)6-8-18/h3-8,13H,9-12,14H2,1-2H3/p+1. The van der Waals surface area contributed by atoms with E-state index in [1.165, 1.54) is 22.6 Å². The van der Waals surface area contributed by atoms with Crippen molar-refractivity contribution in [3.63, 3.8) is 0 Å². The quantitative estimate of drug-likeness (QED) is 0.681. The van der Waals surface area contributed by atoms with Crippen molar-refractivity contribution in [1.29, 1.82) is 0 Å². The van der Waals surface area contributed by atoms with Gasteiger partial charge in [0, 0.05) is 5.69 Å². The second-order valence-electron chi connectivity index (χ2n) is 7.33. The molecule has 1 fully saturated rings. The molecular weight excluding hydrogens is 375 g/mol. The number of piperazine rings is 1. The van der Waals surface area contributed by atoms with E-state index in [1.54, 1.807) is 9.36 Å². The number of nitrogens with one attached hydrogen (secondary N) is 1. The molecular formula is C20H24FN6S+. The van der Waals surface area contributed by atoms with Crippen LogP contribution in [-0.4, -0.2) is 46.0 Å². The van der Waals surface area contributed by atoms with Gasteiger partial charge in [0.2, 0.25) is 4.77 Å². The average Bonchev–Trinajstić information content (AvgIpc) is 3.05. The van der Waals surface area contributed by atoms with E-state index in [0.717, 1.165) is 43.1 Å². The molecule has 0 bridgehead atoms. The van der Waals surface area contributed by atoms with E-state index in [0.29, 0.717) is 11.4 Å². The SMILES string of the molecule is Cc1ccc(C)c(-n2nnn(C[NH+]3CCN(c4ccc(F)cc4)CC3)c2=S)c1. The van der Waals surface area contributed by atoms with E-state index in [1.807, 2.05) is 12.1 Å². The first-order valence-corrected chi connectivity index (χ1v) is 9.86. The fraction of sp³-hybridized carbons (Fsp3) is 0.350. The van der Waals surface area contributed by atoms with E-state index in [-0.39, 0.29) is 5.82 Å². The van der Waals surface area contributed by atoms with Crippen molar-refractivity contribution in [2.45, 2.75) is 20.5 Å². The van der Waals surface area contributed by atoms with Crippen LogP contribution in [0.3, 0.4) is 0 Å². The Labute approximate surface area is 168 Å². The number of aryl methyl sites for hydroxylation is 2. The molecule has 6 nitrogen and oxygen atoms in total. The normalized spacial score (nSPS) is 15.2. The van der Waals surface area contributed by atoms with Crippen LogP contribution in [0.2, 0.25) is 0 Å². The fourth-order valence-electron chi connectivity index (χ4n) is 3.58. The molecule has 0 amide bonds. The van der Waals surface area contributed by atoms with Crippen molar-refractivity contribution in [3.8, 4) is 5.69 Å². The van der Waals surface area contributed by atoms with Gasteiger partial charge in [0.15, 0.2) is 6.67 Å². The van der Waals surface area contributed by atoms with Gasteiger partial charge < -0.3 is 9.80 Å². The molecule has 0 radical (unpaired) electrons. The predicted molar refractivity (Wildman–Crippen MR) is 109 cm³/mol. The molecule has 1 aliphatic heterocycles. The molecule has 0 unspecified atom stereocenters. The Morgan fingerprint density at radius 1 is 1.04 bits per heavy atom. The average molecular weight is 400 g/mol. The minimum absolute atomic E-state index is 0.200. The lowest BCUT2D eigenvalue weighted by Crippen LogP contribution is -3.14. The predicted octanol–water partition coefficient (Wildman–Crippen LogP) is 1.92. The molecule has 1 aliphatic rings. The summed E-state index contributed by atoms with van der Waals surface area (Å²) in [6, 6.07) is 12.9. The minimum atomic E-state index is -0.200. The summed E-state index contributed by atoms with van der Waals surface area (Å²) >= 11 is 5.63. The largest absolute Gasteiger partial charge is 0.360 e. The lowest BCUT2D eigenvalue weighted by atomic mass is 10.1. The molecule has 0 saturated carbocycles. The number of tetrazole rings is 1. The van der Waals surface area contributed by atoms with E-state index in [4.69, 9.17) is 12.2 Å². The summed E-state index contributed by atoms with van der Waals surface area (Å²) in [7, 11) is 0. The summed E-state index contributed by atoms with van der Waals surface area (Å²) in [6.07, 6.45) is 0. The van der Waals surface area contributed by atoms with Gasteiger partial charge in [0.25, 0.3) is 0 Å². The topological polar surface area (TPSA) is 43.3 Å². The molecule has 8 heteroatoms. The van der Waals surface area contributed by atoms with Gasteiger partial charge in [-0.05, 0) is 78.0 Å². The number of aromatic nitrogens is 4. The van der Waals surface area contributed by atoms with E-state index < -0.39 is 0 Å². The van der Waals surface area contributed by atoms with Gasteiger partial charge in [-0.25, -0.2) is 4.39 Å². The Morgan fingerprint density at radius 2 is 1.75 bits per heavy atom. The maximum Gasteiger partial charge on any atom is 0.225 e. The highest BCUT2D eigenvalue weighted by molar-refractivity contribution is 7.71. The van der Waals surface area contributed by atoms with Crippen molar-refractivity contribution in [1.82, 2.24) is 19.8 Å². The van der Waals surface area contributed by atoms with Gasteiger partial charge in [0.1, 0.15) is 5.82 Å². The smallest absolute Gasteiger partial charge is 0.225 e. The zero-order chi connectivity index (χ0) is 19.7. The minimum Gasteiger partial charge on any atom is -0.360 e. The summed E-state index contributed by atoms with van der Waals surface area (Å²) in [5.74, 6) is -0.200. The van der Waals surface area contributed by atoms with E-state index >= 15 is 0 Å². The molecule has 4 rings (SSSR count). The van der Waals surface area contributed by atoms with E-state index in [9.17, 15) is 4.39 Å². The Morgan fingerprint density at radius 3 is 2.46 bits per heavy atom. The lowest BCUT2D eigenvalue weighted by molar-refractivity contribution is -0.924. The monoisotopic (exact) mass is 399 g/mol. The Kier molecular flexibility index (Phi) is 5.23. The molecule has 2 heterocycles. The van der Waals surface area contributed by atoms with Crippen LogP contribution >= 0.6 is 12.2 Å². The fourth-order valence-corrected chi connectivity index (χ4v) is 3.81. The molecule has 3 aromatic rings. The molecule has 0 aliphatic carbocycles. The summed E-state index contributed by atoms with van der Waals surface area (Å²) in [5, 5.41) is 8.58. The zero-order valence-corrected chi connectivity index (χ0v) is 16.9. The molecule has 1 N–H and O–H groups in total.